The highest BCUT2D eigenvalue weighted by Crippen LogP contribution is 2.19. The molecule has 0 amide bonds. The van der Waals surface area contributed by atoms with E-state index in [-0.39, 0.29) is 0 Å². The second-order valence-electron chi connectivity index (χ2n) is 4.91. The molecule has 1 fully saturated rings. The molecule has 1 heterocycles. The molecule has 0 bridgehead atoms. The van der Waals surface area contributed by atoms with Gasteiger partial charge in [0.1, 0.15) is 5.75 Å². The van der Waals surface area contributed by atoms with Crippen LogP contribution in [-0.2, 0) is 17.8 Å². The number of nitrogens with zero attached hydrogens (tertiary/aromatic N) is 1. The van der Waals surface area contributed by atoms with Crippen molar-refractivity contribution in [1.82, 2.24) is 10.2 Å². The number of piperazine rings is 1. The fourth-order valence-electron chi connectivity index (χ4n) is 2.48. The van der Waals surface area contributed by atoms with E-state index in [1.165, 1.54) is 11.1 Å². The topological polar surface area (TPSA) is 33.7 Å². The molecule has 1 aromatic rings. The first-order chi connectivity index (χ1) is 9.33. The second kappa shape index (κ2) is 7.48. The minimum atomic E-state index is 0.647. The number of ether oxygens (including phenoxy) is 2. The summed E-state index contributed by atoms with van der Waals surface area (Å²) >= 11 is 0. The molecule has 0 saturated carbocycles. The smallest absolute Gasteiger partial charge is 0.119 e. The van der Waals surface area contributed by atoms with Gasteiger partial charge in [-0.15, -0.1) is 0 Å². The van der Waals surface area contributed by atoms with Gasteiger partial charge in [-0.05, 0) is 29.7 Å². The Morgan fingerprint density at radius 1 is 1.16 bits per heavy atom. The number of rotatable bonds is 6. The Morgan fingerprint density at radius 2 is 1.95 bits per heavy atom. The molecule has 1 saturated heterocycles. The summed E-state index contributed by atoms with van der Waals surface area (Å²) in [7, 11) is 3.44. The fraction of sp³-hybridized carbons (Fsp3) is 0.600. The van der Waals surface area contributed by atoms with Crippen molar-refractivity contribution in [3.63, 3.8) is 0 Å². The van der Waals surface area contributed by atoms with E-state index in [1.807, 2.05) is 6.07 Å². The summed E-state index contributed by atoms with van der Waals surface area (Å²) in [6.07, 6.45) is 1.07. The zero-order valence-corrected chi connectivity index (χ0v) is 11.9. The number of hydrogen-bond donors (Lipinski definition) is 1. The second-order valence-corrected chi connectivity index (χ2v) is 4.91. The van der Waals surface area contributed by atoms with E-state index in [9.17, 15) is 0 Å². The SMILES string of the molecule is COCc1cc(OC)ccc1CCN1CCNCC1. The van der Waals surface area contributed by atoms with Crippen LogP contribution in [0, 0.1) is 0 Å². The molecule has 1 aliphatic heterocycles. The monoisotopic (exact) mass is 264 g/mol. The van der Waals surface area contributed by atoms with E-state index >= 15 is 0 Å². The molecular formula is C15H24N2O2. The molecule has 0 atom stereocenters. The van der Waals surface area contributed by atoms with Crippen molar-refractivity contribution in [1.29, 1.82) is 0 Å². The van der Waals surface area contributed by atoms with Crippen molar-refractivity contribution in [3.8, 4) is 5.75 Å². The van der Waals surface area contributed by atoms with E-state index < -0.39 is 0 Å². The van der Waals surface area contributed by atoms with Crippen LogP contribution in [0.25, 0.3) is 0 Å². The lowest BCUT2D eigenvalue weighted by molar-refractivity contribution is 0.183. The van der Waals surface area contributed by atoms with E-state index in [4.69, 9.17) is 9.47 Å². The number of methoxy groups -OCH3 is 2. The lowest BCUT2D eigenvalue weighted by Crippen LogP contribution is -2.44. The standard InChI is InChI=1S/C15H24N2O2/c1-18-12-14-11-15(19-2)4-3-13(14)5-8-17-9-6-16-7-10-17/h3-4,11,16H,5-10,12H2,1-2H3. The normalized spacial score (nSPS) is 16.5. The predicted molar refractivity (Wildman–Crippen MR) is 76.7 cm³/mol. The van der Waals surface area contributed by atoms with Gasteiger partial charge in [-0.1, -0.05) is 6.07 Å². The highest BCUT2D eigenvalue weighted by molar-refractivity contribution is 5.35. The first kappa shape index (κ1) is 14.3. The highest BCUT2D eigenvalue weighted by atomic mass is 16.5. The molecule has 1 N–H and O–H groups in total. The molecule has 19 heavy (non-hydrogen) atoms. The van der Waals surface area contributed by atoms with Crippen LogP contribution in [0.3, 0.4) is 0 Å². The zero-order chi connectivity index (χ0) is 13.5. The van der Waals surface area contributed by atoms with Crippen LogP contribution in [0.4, 0.5) is 0 Å². The van der Waals surface area contributed by atoms with Crippen molar-refractivity contribution in [2.75, 3.05) is 46.9 Å². The summed E-state index contributed by atoms with van der Waals surface area (Å²) in [5.41, 5.74) is 2.60. The minimum absolute atomic E-state index is 0.647. The van der Waals surface area contributed by atoms with Gasteiger partial charge >= 0.3 is 0 Å². The summed E-state index contributed by atoms with van der Waals surface area (Å²) < 4.78 is 10.6. The van der Waals surface area contributed by atoms with E-state index in [2.05, 4.69) is 22.3 Å². The van der Waals surface area contributed by atoms with Gasteiger partial charge in [-0.3, -0.25) is 0 Å². The van der Waals surface area contributed by atoms with Crippen molar-refractivity contribution in [2.24, 2.45) is 0 Å². The highest BCUT2D eigenvalue weighted by Gasteiger charge is 2.11. The Bertz CT molecular complexity index is 390. The van der Waals surface area contributed by atoms with Crippen molar-refractivity contribution in [3.05, 3.63) is 29.3 Å². The number of nitrogens with one attached hydrogen (secondary N) is 1. The van der Waals surface area contributed by atoms with Crippen LogP contribution in [0.1, 0.15) is 11.1 Å². The average molecular weight is 264 g/mol. The van der Waals surface area contributed by atoms with Gasteiger partial charge < -0.3 is 19.7 Å². The van der Waals surface area contributed by atoms with E-state index in [0.717, 1.165) is 44.9 Å². The number of benzene rings is 1. The fourth-order valence-corrected chi connectivity index (χ4v) is 2.48. The van der Waals surface area contributed by atoms with E-state index in [0.29, 0.717) is 6.61 Å². The van der Waals surface area contributed by atoms with Crippen LogP contribution < -0.4 is 10.1 Å². The lowest BCUT2D eigenvalue weighted by Gasteiger charge is -2.27. The molecule has 0 aromatic heterocycles. The molecule has 1 aliphatic rings. The first-order valence-electron chi connectivity index (χ1n) is 6.91. The van der Waals surface area contributed by atoms with Gasteiger partial charge in [0.25, 0.3) is 0 Å². The molecule has 4 nitrogen and oxygen atoms in total. The van der Waals surface area contributed by atoms with Gasteiger partial charge in [-0.2, -0.15) is 0 Å². The molecule has 106 valence electrons. The molecule has 2 rings (SSSR count). The van der Waals surface area contributed by atoms with Gasteiger partial charge in [-0.25, -0.2) is 0 Å². The molecule has 0 spiro atoms. The molecule has 0 unspecified atom stereocenters. The summed E-state index contributed by atoms with van der Waals surface area (Å²) in [4.78, 5) is 2.51. The Balaban J connectivity index is 1.97. The largest absolute Gasteiger partial charge is 0.497 e. The summed E-state index contributed by atoms with van der Waals surface area (Å²) in [5, 5.41) is 3.38. The average Bonchev–Trinajstić information content (AvgIpc) is 2.47. The third kappa shape index (κ3) is 4.20. The third-order valence-electron chi connectivity index (χ3n) is 3.62. The zero-order valence-electron chi connectivity index (χ0n) is 11.9. The Labute approximate surface area is 115 Å². The van der Waals surface area contributed by atoms with Gasteiger partial charge in [0, 0.05) is 39.8 Å². The van der Waals surface area contributed by atoms with Crippen LogP contribution in [0.5, 0.6) is 5.75 Å². The maximum atomic E-state index is 5.28. The maximum absolute atomic E-state index is 5.28. The Hall–Kier alpha value is -1.10. The van der Waals surface area contributed by atoms with Crippen molar-refractivity contribution in [2.45, 2.75) is 13.0 Å². The van der Waals surface area contributed by atoms with Crippen molar-refractivity contribution >= 4 is 0 Å². The van der Waals surface area contributed by atoms with Crippen LogP contribution in [0.2, 0.25) is 0 Å². The van der Waals surface area contributed by atoms with Crippen molar-refractivity contribution < 1.29 is 9.47 Å². The summed E-state index contributed by atoms with van der Waals surface area (Å²) in [5.74, 6) is 0.901. The van der Waals surface area contributed by atoms with E-state index in [1.54, 1.807) is 14.2 Å². The molecule has 1 aromatic carbocycles. The van der Waals surface area contributed by atoms with Crippen LogP contribution >= 0.6 is 0 Å². The van der Waals surface area contributed by atoms with Gasteiger partial charge in [0.05, 0.1) is 13.7 Å². The summed E-state index contributed by atoms with van der Waals surface area (Å²) in [6, 6.07) is 6.28. The molecule has 4 heteroatoms. The Morgan fingerprint density at radius 3 is 2.63 bits per heavy atom. The van der Waals surface area contributed by atoms with Crippen LogP contribution in [-0.4, -0.2) is 51.8 Å². The van der Waals surface area contributed by atoms with Gasteiger partial charge in [0.15, 0.2) is 0 Å². The Kier molecular flexibility index (Phi) is 5.63. The molecular weight excluding hydrogens is 240 g/mol. The maximum Gasteiger partial charge on any atom is 0.119 e. The third-order valence-corrected chi connectivity index (χ3v) is 3.62. The molecule has 0 radical (unpaired) electrons. The predicted octanol–water partition coefficient (Wildman–Crippen LogP) is 1.29. The van der Waals surface area contributed by atoms with Crippen LogP contribution in [0.15, 0.2) is 18.2 Å². The quantitative estimate of drug-likeness (QED) is 0.839. The summed E-state index contributed by atoms with van der Waals surface area (Å²) in [6.45, 7) is 6.27. The lowest BCUT2D eigenvalue weighted by atomic mass is 10.0. The first-order valence-corrected chi connectivity index (χ1v) is 6.91. The minimum Gasteiger partial charge on any atom is -0.497 e. The van der Waals surface area contributed by atoms with Gasteiger partial charge in [0.2, 0.25) is 0 Å². The number of hydrogen-bond acceptors (Lipinski definition) is 4. The molecule has 0 aliphatic carbocycles.